The Labute approximate surface area is 120 Å². The van der Waals surface area contributed by atoms with Crippen LogP contribution in [0.4, 0.5) is 10.1 Å². The number of ketones is 1. The van der Waals surface area contributed by atoms with E-state index in [1.54, 1.807) is 12.1 Å². The fourth-order valence-corrected chi connectivity index (χ4v) is 2.69. The lowest BCUT2D eigenvalue weighted by Crippen LogP contribution is -2.47. The first-order valence-electron chi connectivity index (χ1n) is 6.94. The normalized spacial score (nSPS) is 22.7. The first-order chi connectivity index (χ1) is 10.0. The minimum absolute atomic E-state index is 0.0258. The zero-order valence-corrected chi connectivity index (χ0v) is 11.3. The van der Waals surface area contributed by atoms with Crippen LogP contribution in [0.2, 0.25) is 0 Å². The minimum Gasteiger partial charge on any atom is -0.374 e. The number of amides is 2. The van der Waals surface area contributed by atoms with Crippen molar-refractivity contribution in [3.8, 4) is 0 Å². The van der Waals surface area contributed by atoms with Crippen LogP contribution in [0, 0.1) is 5.82 Å². The third kappa shape index (κ3) is 2.79. The van der Waals surface area contributed by atoms with Crippen molar-refractivity contribution in [2.45, 2.75) is 37.6 Å². The summed E-state index contributed by atoms with van der Waals surface area (Å²) in [5.74, 6) is -0.911. The molecule has 21 heavy (non-hydrogen) atoms. The Bertz CT molecular complexity index is 621. The van der Waals surface area contributed by atoms with Gasteiger partial charge in [0.25, 0.3) is 0 Å². The number of Topliss-reactive ketones (excluding diaryl/α,β-unsaturated/α-hetero) is 1. The van der Waals surface area contributed by atoms with Gasteiger partial charge >= 0.3 is 0 Å². The van der Waals surface area contributed by atoms with E-state index >= 15 is 0 Å². The number of halogens is 1. The standard InChI is InChI=1S/C15H15FN2O3/c16-12-7-9(1-2-11(12)8-5-10(19)6-8)17-13-3-4-14(20)18-15(13)21/h1-2,7-8,13,17H,3-6H2,(H,18,20,21). The van der Waals surface area contributed by atoms with Gasteiger partial charge in [0.15, 0.2) is 0 Å². The minimum atomic E-state index is -0.529. The Hall–Kier alpha value is -2.24. The van der Waals surface area contributed by atoms with Crippen LogP contribution in [0.5, 0.6) is 0 Å². The summed E-state index contributed by atoms with van der Waals surface area (Å²) in [6.45, 7) is 0. The first kappa shape index (κ1) is 13.7. The number of anilines is 1. The van der Waals surface area contributed by atoms with Gasteiger partial charge in [-0.25, -0.2) is 4.39 Å². The molecule has 0 bridgehead atoms. The van der Waals surface area contributed by atoms with Crippen LogP contribution in [0.25, 0.3) is 0 Å². The molecule has 1 aliphatic heterocycles. The topological polar surface area (TPSA) is 75.3 Å². The van der Waals surface area contributed by atoms with Crippen LogP contribution in [0.3, 0.4) is 0 Å². The molecule has 0 aromatic heterocycles. The van der Waals surface area contributed by atoms with Gasteiger partial charge in [-0.15, -0.1) is 0 Å². The zero-order valence-electron chi connectivity index (χ0n) is 11.3. The fourth-order valence-electron chi connectivity index (χ4n) is 2.69. The Balaban J connectivity index is 1.69. The van der Waals surface area contributed by atoms with Gasteiger partial charge in [0.2, 0.25) is 11.8 Å². The number of hydrogen-bond acceptors (Lipinski definition) is 4. The number of benzene rings is 1. The molecule has 2 N–H and O–H groups in total. The van der Waals surface area contributed by atoms with Crippen molar-refractivity contribution in [2.75, 3.05) is 5.32 Å². The number of piperidine rings is 1. The van der Waals surface area contributed by atoms with Gasteiger partial charge in [0, 0.05) is 30.9 Å². The van der Waals surface area contributed by atoms with Crippen molar-refractivity contribution in [1.82, 2.24) is 5.32 Å². The van der Waals surface area contributed by atoms with Crippen molar-refractivity contribution >= 4 is 23.3 Å². The maximum atomic E-state index is 14.1. The van der Waals surface area contributed by atoms with Crippen molar-refractivity contribution in [1.29, 1.82) is 0 Å². The fraction of sp³-hybridized carbons (Fsp3) is 0.400. The average Bonchev–Trinajstić information content (AvgIpc) is 2.39. The second-order valence-corrected chi connectivity index (χ2v) is 5.53. The molecule has 1 unspecified atom stereocenters. The van der Waals surface area contributed by atoms with Crippen molar-refractivity contribution in [2.24, 2.45) is 0 Å². The summed E-state index contributed by atoms with van der Waals surface area (Å²) < 4.78 is 14.1. The summed E-state index contributed by atoms with van der Waals surface area (Å²) in [6, 6.07) is 4.16. The van der Waals surface area contributed by atoms with Gasteiger partial charge in [-0.05, 0) is 24.1 Å². The predicted molar refractivity (Wildman–Crippen MR) is 73.2 cm³/mol. The van der Waals surface area contributed by atoms with Crippen LogP contribution in [0.1, 0.15) is 37.2 Å². The summed E-state index contributed by atoms with van der Waals surface area (Å²) >= 11 is 0. The molecule has 5 nitrogen and oxygen atoms in total. The van der Waals surface area contributed by atoms with Gasteiger partial charge in [0.1, 0.15) is 17.6 Å². The Morgan fingerprint density at radius 2 is 1.95 bits per heavy atom. The lowest BCUT2D eigenvalue weighted by Gasteiger charge is -2.26. The molecule has 1 saturated carbocycles. The molecule has 1 aliphatic carbocycles. The summed E-state index contributed by atoms with van der Waals surface area (Å²) in [7, 11) is 0. The molecule has 1 saturated heterocycles. The maximum absolute atomic E-state index is 14.1. The molecular formula is C15H15FN2O3. The SMILES string of the molecule is O=C1CC(c2ccc(NC3CCC(=O)NC3=O)cc2F)C1. The Morgan fingerprint density at radius 1 is 1.19 bits per heavy atom. The summed E-state index contributed by atoms with van der Waals surface area (Å²) in [4.78, 5) is 33.7. The Morgan fingerprint density at radius 3 is 2.57 bits per heavy atom. The first-order valence-corrected chi connectivity index (χ1v) is 6.94. The highest BCUT2D eigenvalue weighted by Gasteiger charge is 2.30. The van der Waals surface area contributed by atoms with Crippen LogP contribution in [-0.4, -0.2) is 23.6 Å². The van der Waals surface area contributed by atoms with Gasteiger partial charge < -0.3 is 5.32 Å². The molecule has 1 aromatic carbocycles. The third-order valence-electron chi connectivity index (χ3n) is 3.97. The monoisotopic (exact) mass is 290 g/mol. The molecule has 1 heterocycles. The molecule has 3 rings (SSSR count). The summed E-state index contributed by atoms with van der Waals surface area (Å²) in [5.41, 5.74) is 1.04. The number of rotatable bonds is 3. The summed E-state index contributed by atoms with van der Waals surface area (Å²) in [5, 5.41) is 5.18. The van der Waals surface area contributed by atoms with Crippen LogP contribution >= 0.6 is 0 Å². The molecule has 1 atom stereocenters. The van der Waals surface area contributed by atoms with Gasteiger partial charge in [-0.2, -0.15) is 0 Å². The molecule has 0 spiro atoms. The van der Waals surface area contributed by atoms with E-state index in [1.165, 1.54) is 6.07 Å². The highest BCUT2D eigenvalue weighted by atomic mass is 19.1. The van der Waals surface area contributed by atoms with Gasteiger partial charge in [0.05, 0.1) is 0 Å². The summed E-state index contributed by atoms with van der Waals surface area (Å²) in [6.07, 6.45) is 1.47. The smallest absolute Gasteiger partial charge is 0.249 e. The van der Waals surface area contributed by atoms with Crippen LogP contribution in [-0.2, 0) is 14.4 Å². The molecule has 2 fully saturated rings. The van der Waals surface area contributed by atoms with Gasteiger partial charge in [-0.3, -0.25) is 19.7 Å². The number of hydrogen-bond donors (Lipinski definition) is 2. The Kier molecular flexibility index (Phi) is 3.45. The predicted octanol–water partition coefficient (Wildman–Crippen LogP) is 1.49. The van der Waals surface area contributed by atoms with Crippen molar-refractivity contribution in [3.05, 3.63) is 29.6 Å². The van der Waals surface area contributed by atoms with E-state index in [-0.39, 0.29) is 35.8 Å². The maximum Gasteiger partial charge on any atom is 0.249 e. The molecule has 1 aromatic rings. The van der Waals surface area contributed by atoms with E-state index in [9.17, 15) is 18.8 Å². The number of nitrogens with one attached hydrogen (secondary N) is 2. The number of carbonyl (C=O) groups is 3. The van der Waals surface area contributed by atoms with E-state index < -0.39 is 6.04 Å². The molecule has 2 amide bonds. The second-order valence-electron chi connectivity index (χ2n) is 5.53. The van der Waals surface area contributed by atoms with E-state index in [0.29, 0.717) is 30.5 Å². The van der Waals surface area contributed by atoms with E-state index in [1.807, 2.05) is 0 Å². The van der Waals surface area contributed by atoms with E-state index in [2.05, 4.69) is 10.6 Å². The molecular weight excluding hydrogens is 275 g/mol. The average molecular weight is 290 g/mol. The van der Waals surface area contributed by atoms with Crippen molar-refractivity contribution < 1.29 is 18.8 Å². The second kappa shape index (κ2) is 5.27. The molecule has 0 radical (unpaired) electrons. The zero-order chi connectivity index (χ0) is 15.0. The molecule has 2 aliphatic rings. The molecule has 110 valence electrons. The lowest BCUT2D eigenvalue weighted by molar-refractivity contribution is -0.133. The number of imide groups is 1. The van der Waals surface area contributed by atoms with E-state index in [4.69, 9.17) is 0 Å². The number of carbonyl (C=O) groups excluding carboxylic acids is 3. The molecule has 6 heteroatoms. The highest BCUT2D eigenvalue weighted by molar-refractivity contribution is 6.01. The van der Waals surface area contributed by atoms with Gasteiger partial charge in [-0.1, -0.05) is 6.07 Å². The third-order valence-corrected chi connectivity index (χ3v) is 3.97. The van der Waals surface area contributed by atoms with E-state index in [0.717, 1.165) is 0 Å². The lowest BCUT2D eigenvalue weighted by atomic mass is 9.78. The quantitative estimate of drug-likeness (QED) is 0.827. The highest BCUT2D eigenvalue weighted by Crippen LogP contribution is 2.35. The van der Waals surface area contributed by atoms with Crippen molar-refractivity contribution in [3.63, 3.8) is 0 Å². The van der Waals surface area contributed by atoms with Crippen LogP contribution < -0.4 is 10.6 Å². The van der Waals surface area contributed by atoms with Crippen LogP contribution in [0.15, 0.2) is 18.2 Å². The largest absolute Gasteiger partial charge is 0.374 e.